The fourth-order valence-corrected chi connectivity index (χ4v) is 1.01. The molecule has 1 aliphatic rings. The van der Waals surface area contributed by atoms with Crippen LogP contribution in [0.1, 0.15) is 20.8 Å². The smallest absolute Gasteiger partial charge is 0.0180 e. The van der Waals surface area contributed by atoms with Crippen molar-refractivity contribution in [1.82, 2.24) is 0 Å². The summed E-state index contributed by atoms with van der Waals surface area (Å²) in [6, 6.07) is 0. The van der Waals surface area contributed by atoms with Crippen molar-refractivity contribution in [2.24, 2.45) is 4.99 Å². The van der Waals surface area contributed by atoms with E-state index in [2.05, 4.69) is 31.0 Å². The van der Waals surface area contributed by atoms with Crippen molar-refractivity contribution in [3.05, 3.63) is 29.3 Å². The normalized spacial score (nSPS) is 16.5. The van der Waals surface area contributed by atoms with Gasteiger partial charge in [-0.15, -0.1) is 19.9 Å². The van der Waals surface area contributed by atoms with E-state index in [0.29, 0.717) is 0 Å². The van der Waals surface area contributed by atoms with Gasteiger partial charge in [0.1, 0.15) is 0 Å². The monoisotopic (exact) mass is 186 g/mol. The van der Waals surface area contributed by atoms with Crippen molar-refractivity contribution in [2.45, 2.75) is 20.8 Å². The van der Waals surface area contributed by atoms with Crippen LogP contribution in [-0.2, 0) is 17.4 Å². The third-order valence-electron chi connectivity index (χ3n) is 1.36. The third-order valence-corrected chi connectivity index (χ3v) is 1.36. The zero-order valence-corrected chi connectivity index (χ0v) is 8.36. The van der Waals surface area contributed by atoms with Crippen LogP contribution in [0.4, 0.5) is 0 Å². The minimum atomic E-state index is 0. The maximum atomic E-state index is 4.20. The van der Waals surface area contributed by atoms with Gasteiger partial charge in [-0.2, -0.15) is 11.5 Å². The zero-order chi connectivity index (χ0) is 7.56. The summed E-state index contributed by atoms with van der Waals surface area (Å²) in [7, 11) is 0. The van der Waals surface area contributed by atoms with Crippen molar-refractivity contribution in [3.8, 4) is 0 Å². The van der Waals surface area contributed by atoms with E-state index in [4.69, 9.17) is 0 Å². The molecule has 0 aromatic heterocycles. The van der Waals surface area contributed by atoms with Crippen molar-refractivity contribution >= 4 is 6.21 Å². The number of allylic oxidation sites excluding steroid dienone is 4. The molecule has 60 valence electrons. The fourth-order valence-electron chi connectivity index (χ4n) is 1.01. The van der Waals surface area contributed by atoms with Gasteiger partial charge in [-0.05, 0) is 6.92 Å². The molecule has 1 aliphatic heterocycles. The van der Waals surface area contributed by atoms with Gasteiger partial charge in [0.2, 0.25) is 0 Å². The summed E-state index contributed by atoms with van der Waals surface area (Å²) >= 11 is 0. The molecule has 0 aromatic carbocycles. The minimum Gasteiger partial charge on any atom is -0.282 e. The van der Waals surface area contributed by atoms with E-state index in [-0.39, 0.29) is 17.4 Å². The summed E-state index contributed by atoms with van der Waals surface area (Å²) in [5.41, 5.74) is 2.35. The average Bonchev–Trinajstić information content (AvgIpc) is 1.93. The van der Waals surface area contributed by atoms with Crippen LogP contribution in [0.15, 0.2) is 28.4 Å². The molecule has 0 aliphatic carbocycles. The van der Waals surface area contributed by atoms with Crippen LogP contribution in [-0.4, -0.2) is 6.21 Å². The molecule has 0 N–H and O–H groups in total. The number of aliphatic imine (C=N–C) groups is 1. The Bertz CT molecular complexity index is 214. The number of rotatable bonds is 0. The Labute approximate surface area is 79.0 Å². The minimum absolute atomic E-state index is 0. The Hall–Kier alpha value is -0.448. The van der Waals surface area contributed by atoms with Gasteiger partial charge in [0, 0.05) is 23.1 Å². The first kappa shape index (κ1) is 10.6. The molecule has 0 atom stereocenters. The molecule has 2 heteroatoms. The van der Waals surface area contributed by atoms with Gasteiger partial charge in [-0.1, -0.05) is 6.21 Å². The molecule has 0 unspecified atom stereocenters. The summed E-state index contributed by atoms with van der Waals surface area (Å²) in [5, 5.41) is 0. The molecule has 1 nitrogen and oxygen atoms in total. The predicted octanol–water partition coefficient (Wildman–Crippen LogP) is 2.51. The summed E-state index contributed by atoms with van der Waals surface area (Å²) in [4.78, 5) is 4.20. The molecule has 0 radical (unpaired) electrons. The summed E-state index contributed by atoms with van der Waals surface area (Å²) < 4.78 is 0. The molecular formula is C9H12CrN-. The number of nitrogens with zero attached hydrogens (tertiary/aromatic N) is 1. The molecule has 0 saturated heterocycles. The molecule has 0 aromatic rings. The Morgan fingerprint density at radius 3 is 2.64 bits per heavy atom. The largest absolute Gasteiger partial charge is 0.282 e. The van der Waals surface area contributed by atoms with E-state index in [1.165, 1.54) is 11.5 Å². The van der Waals surface area contributed by atoms with Crippen molar-refractivity contribution in [2.75, 3.05) is 0 Å². The van der Waals surface area contributed by atoms with E-state index in [0.717, 1.165) is 5.70 Å². The van der Waals surface area contributed by atoms with Gasteiger partial charge in [0.05, 0.1) is 0 Å². The van der Waals surface area contributed by atoms with Gasteiger partial charge >= 0.3 is 0 Å². The van der Waals surface area contributed by atoms with E-state index in [9.17, 15) is 0 Å². The maximum absolute atomic E-state index is 4.20. The first-order valence-corrected chi connectivity index (χ1v) is 3.43. The third kappa shape index (κ3) is 3.46. The fraction of sp³-hybridized carbons (Fsp3) is 0.333. The Morgan fingerprint density at radius 2 is 2.00 bits per heavy atom. The maximum Gasteiger partial charge on any atom is 0.0180 e. The van der Waals surface area contributed by atoms with Gasteiger partial charge in [0.15, 0.2) is 0 Å². The second-order valence-corrected chi connectivity index (χ2v) is 2.68. The summed E-state index contributed by atoms with van der Waals surface area (Å²) in [5.74, 6) is 1.21. The first-order chi connectivity index (χ1) is 4.68. The van der Waals surface area contributed by atoms with Crippen LogP contribution in [0.3, 0.4) is 0 Å². The van der Waals surface area contributed by atoms with Crippen LogP contribution in [0.5, 0.6) is 0 Å². The van der Waals surface area contributed by atoms with Gasteiger partial charge in [-0.25, -0.2) is 6.08 Å². The van der Waals surface area contributed by atoms with Crippen LogP contribution in [0, 0.1) is 5.92 Å². The second kappa shape index (κ2) is 4.43. The average molecular weight is 186 g/mol. The molecule has 11 heavy (non-hydrogen) atoms. The van der Waals surface area contributed by atoms with Crippen LogP contribution in [0.25, 0.3) is 0 Å². The van der Waals surface area contributed by atoms with Crippen LogP contribution in [0.2, 0.25) is 0 Å². The molecule has 1 rings (SSSR count). The van der Waals surface area contributed by atoms with Crippen molar-refractivity contribution in [3.63, 3.8) is 0 Å². The molecular weight excluding hydrogens is 174 g/mol. The van der Waals surface area contributed by atoms with Gasteiger partial charge in [-0.3, -0.25) is 4.99 Å². The summed E-state index contributed by atoms with van der Waals surface area (Å²) in [6.07, 6.45) is 6.09. The van der Waals surface area contributed by atoms with Gasteiger partial charge < -0.3 is 0 Å². The van der Waals surface area contributed by atoms with Crippen molar-refractivity contribution < 1.29 is 17.4 Å². The molecule has 0 fully saturated rings. The quantitative estimate of drug-likeness (QED) is 0.515. The van der Waals surface area contributed by atoms with Crippen LogP contribution < -0.4 is 0 Å². The van der Waals surface area contributed by atoms with E-state index >= 15 is 0 Å². The summed E-state index contributed by atoms with van der Waals surface area (Å²) in [6.45, 7) is 6.15. The topological polar surface area (TPSA) is 12.4 Å². The predicted molar refractivity (Wildman–Crippen MR) is 44.9 cm³/mol. The number of hydrogen-bond acceptors (Lipinski definition) is 1. The first-order valence-electron chi connectivity index (χ1n) is 3.43. The molecule has 0 amide bonds. The molecule has 1 heterocycles. The molecule has 0 spiro atoms. The standard InChI is InChI=1S/C9H12N.Cr/c1-7-4-8(2)6-10-9(3)5-7;/h4-6H,1-3H3;/q-1;. The zero-order valence-electron chi connectivity index (χ0n) is 7.09. The van der Waals surface area contributed by atoms with Crippen LogP contribution >= 0.6 is 0 Å². The molecule has 0 saturated carbocycles. The van der Waals surface area contributed by atoms with E-state index in [1.807, 2.05) is 13.1 Å². The van der Waals surface area contributed by atoms with Gasteiger partial charge in [0.25, 0.3) is 0 Å². The van der Waals surface area contributed by atoms with E-state index < -0.39 is 0 Å². The number of hydrogen-bond donors (Lipinski definition) is 0. The Balaban J connectivity index is 0.000001000. The Kier molecular flexibility index (Phi) is 4.25. The van der Waals surface area contributed by atoms with E-state index in [1.54, 1.807) is 0 Å². The molecule has 0 bridgehead atoms. The second-order valence-electron chi connectivity index (χ2n) is 2.68. The van der Waals surface area contributed by atoms with Crippen molar-refractivity contribution in [1.29, 1.82) is 0 Å². The Morgan fingerprint density at radius 1 is 1.36 bits per heavy atom. The SMILES string of the molecule is CC1=C[C-](C)C=NC(C)=C1.[Cr].